The molecule has 6 heteroatoms. The molecule has 0 unspecified atom stereocenters. The Labute approximate surface area is 144 Å². The SMILES string of the molecule is Cc1ccc(-c2cc3nc(N4CCN(C)CC4)[nH]c(=O)c3s2)cc1. The zero-order chi connectivity index (χ0) is 16.7. The first-order chi connectivity index (χ1) is 11.6. The Kier molecular flexibility index (Phi) is 3.86. The van der Waals surface area contributed by atoms with Crippen LogP contribution in [0.5, 0.6) is 0 Å². The Hall–Kier alpha value is -2.18. The molecule has 1 aromatic carbocycles. The van der Waals surface area contributed by atoms with Crippen LogP contribution in [-0.4, -0.2) is 48.1 Å². The second kappa shape index (κ2) is 6.03. The van der Waals surface area contributed by atoms with Crippen LogP contribution in [-0.2, 0) is 0 Å². The molecule has 0 amide bonds. The lowest BCUT2D eigenvalue weighted by atomic mass is 10.1. The minimum atomic E-state index is -0.0442. The van der Waals surface area contributed by atoms with E-state index in [0.29, 0.717) is 10.6 Å². The van der Waals surface area contributed by atoms with Crippen LogP contribution in [0.2, 0.25) is 0 Å². The molecule has 0 spiro atoms. The van der Waals surface area contributed by atoms with Crippen LogP contribution in [0.1, 0.15) is 5.56 Å². The molecule has 3 heterocycles. The molecule has 0 aliphatic carbocycles. The van der Waals surface area contributed by atoms with Crippen molar-refractivity contribution in [2.75, 3.05) is 38.1 Å². The van der Waals surface area contributed by atoms with E-state index in [1.165, 1.54) is 16.9 Å². The summed E-state index contributed by atoms with van der Waals surface area (Å²) in [6, 6.07) is 10.4. The lowest BCUT2D eigenvalue weighted by molar-refractivity contribution is 0.311. The minimum absolute atomic E-state index is 0.0442. The first-order valence-corrected chi connectivity index (χ1v) is 8.96. The van der Waals surface area contributed by atoms with Crippen molar-refractivity contribution in [1.29, 1.82) is 0 Å². The molecule has 1 aliphatic heterocycles. The number of aromatic nitrogens is 2. The number of likely N-dealkylation sites (N-methyl/N-ethyl adjacent to an activating group) is 1. The highest BCUT2D eigenvalue weighted by Crippen LogP contribution is 2.31. The maximum Gasteiger partial charge on any atom is 0.270 e. The van der Waals surface area contributed by atoms with Gasteiger partial charge in [0.05, 0.1) is 5.52 Å². The van der Waals surface area contributed by atoms with Crippen molar-refractivity contribution < 1.29 is 0 Å². The fourth-order valence-corrected chi connectivity index (χ4v) is 3.95. The summed E-state index contributed by atoms with van der Waals surface area (Å²) < 4.78 is 0.698. The normalized spacial score (nSPS) is 16.0. The topological polar surface area (TPSA) is 52.2 Å². The molecule has 0 atom stereocenters. The van der Waals surface area contributed by atoms with Crippen molar-refractivity contribution >= 4 is 27.5 Å². The van der Waals surface area contributed by atoms with Gasteiger partial charge in [-0.25, -0.2) is 4.98 Å². The van der Waals surface area contributed by atoms with E-state index in [-0.39, 0.29) is 5.56 Å². The maximum atomic E-state index is 12.5. The molecular weight excluding hydrogens is 320 g/mol. The zero-order valence-electron chi connectivity index (χ0n) is 13.9. The van der Waals surface area contributed by atoms with Gasteiger partial charge >= 0.3 is 0 Å². The van der Waals surface area contributed by atoms with Crippen molar-refractivity contribution in [3.63, 3.8) is 0 Å². The summed E-state index contributed by atoms with van der Waals surface area (Å²) in [6.07, 6.45) is 0. The molecule has 5 nitrogen and oxygen atoms in total. The molecule has 4 rings (SSSR count). The summed E-state index contributed by atoms with van der Waals surface area (Å²) in [6.45, 7) is 5.82. The maximum absolute atomic E-state index is 12.5. The van der Waals surface area contributed by atoms with Gasteiger partial charge in [0.2, 0.25) is 5.95 Å². The molecule has 1 aliphatic rings. The minimum Gasteiger partial charge on any atom is -0.340 e. The number of fused-ring (bicyclic) bond motifs is 1. The summed E-state index contributed by atoms with van der Waals surface area (Å²) in [5, 5.41) is 0. The molecular formula is C18H20N4OS. The quantitative estimate of drug-likeness (QED) is 0.779. The third-order valence-electron chi connectivity index (χ3n) is 4.51. The first kappa shape index (κ1) is 15.4. The summed E-state index contributed by atoms with van der Waals surface area (Å²) in [4.78, 5) is 25.7. The van der Waals surface area contributed by atoms with Crippen LogP contribution in [0.4, 0.5) is 5.95 Å². The van der Waals surface area contributed by atoms with Crippen LogP contribution in [0.15, 0.2) is 35.1 Å². The number of piperazine rings is 1. The van der Waals surface area contributed by atoms with Crippen LogP contribution >= 0.6 is 11.3 Å². The number of nitrogens with zero attached hydrogens (tertiary/aromatic N) is 3. The van der Waals surface area contributed by atoms with Gasteiger partial charge in [0, 0.05) is 31.1 Å². The van der Waals surface area contributed by atoms with Gasteiger partial charge in [-0.3, -0.25) is 9.78 Å². The average molecular weight is 340 g/mol. The number of H-pyrrole nitrogens is 1. The van der Waals surface area contributed by atoms with E-state index in [0.717, 1.165) is 42.1 Å². The highest BCUT2D eigenvalue weighted by molar-refractivity contribution is 7.22. The molecule has 24 heavy (non-hydrogen) atoms. The number of thiophene rings is 1. The molecule has 1 saturated heterocycles. The van der Waals surface area contributed by atoms with Crippen LogP contribution in [0.3, 0.4) is 0 Å². The summed E-state index contributed by atoms with van der Waals surface area (Å²) in [7, 11) is 2.11. The molecule has 1 N–H and O–H groups in total. The summed E-state index contributed by atoms with van der Waals surface area (Å²) in [5.74, 6) is 0.689. The number of anilines is 1. The highest BCUT2D eigenvalue weighted by Gasteiger charge is 2.18. The number of hydrogen-bond acceptors (Lipinski definition) is 5. The monoisotopic (exact) mass is 340 g/mol. The third kappa shape index (κ3) is 2.83. The predicted molar refractivity (Wildman–Crippen MR) is 100 cm³/mol. The van der Waals surface area contributed by atoms with Crippen molar-refractivity contribution in [2.45, 2.75) is 6.92 Å². The molecule has 1 fully saturated rings. The van der Waals surface area contributed by atoms with Crippen molar-refractivity contribution in [3.8, 4) is 10.4 Å². The number of aryl methyl sites for hydroxylation is 1. The van der Waals surface area contributed by atoms with Crippen LogP contribution < -0.4 is 10.5 Å². The Morgan fingerprint density at radius 3 is 2.54 bits per heavy atom. The van der Waals surface area contributed by atoms with E-state index in [9.17, 15) is 4.79 Å². The second-order valence-corrected chi connectivity index (χ2v) is 7.42. The van der Waals surface area contributed by atoms with E-state index in [4.69, 9.17) is 4.98 Å². The molecule has 2 aromatic heterocycles. The standard InChI is InChI=1S/C18H20N4OS/c1-12-3-5-13(6-4-12)15-11-14-16(24-15)17(23)20-18(19-14)22-9-7-21(2)8-10-22/h3-6,11H,7-10H2,1-2H3,(H,19,20,23). The summed E-state index contributed by atoms with van der Waals surface area (Å²) in [5.41, 5.74) is 3.10. The second-order valence-electron chi connectivity index (χ2n) is 6.37. The zero-order valence-corrected chi connectivity index (χ0v) is 14.7. The predicted octanol–water partition coefficient (Wildman–Crippen LogP) is 2.71. The lowest BCUT2D eigenvalue weighted by Gasteiger charge is -2.32. The summed E-state index contributed by atoms with van der Waals surface area (Å²) >= 11 is 1.51. The van der Waals surface area contributed by atoms with Crippen molar-refractivity contribution in [3.05, 3.63) is 46.2 Å². The van der Waals surface area contributed by atoms with E-state index in [1.807, 2.05) is 6.07 Å². The van der Waals surface area contributed by atoms with Gasteiger partial charge in [-0.1, -0.05) is 29.8 Å². The van der Waals surface area contributed by atoms with Gasteiger partial charge in [-0.2, -0.15) is 0 Å². The largest absolute Gasteiger partial charge is 0.340 e. The Bertz CT molecular complexity index is 920. The van der Waals surface area contributed by atoms with Crippen LogP contribution in [0, 0.1) is 6.92 Å². The Morgan fingerprint density at radius 2 is 1.83 bits per heavy atom. The van der Waals surface area contributed by atoms with Gasteiger partial charge in [0.25, 0.3) is 5.56 Å². The third-order valence-corrected chi connectivity index (χ3v) is 5.68. The number of nitrogens with one attached hydrogen (secondary N) is 1. The van der Waals surface area contributed by atoms with E-state index in [1.54, 1.807) is 0 Å². The van der Waals surface area contributed by atoms with Gasteiger partial charge in [0.15, 0.2) is 0 Å². The molecule has 124 valence electrons. The van der Waals surface area contributed by atoms with Gasteiger partial charge in [0.1, 0.15) is 4.70 Å². The number of benzene rings is 1. The number of rotatable bonds is 2. The molecule has 0 saturated carbocycles. The van der Waals surface area contributed by atoms with Crippen molar-refractivity contribution in [2.24, 2.45) is 0 Å². The van der Waals surface area contributed by atoms with Gasteiger partial charge in [-0.05, 0) is 25.6 Å². The highest BCUT2D eigenvalue weighted by atomic mass is 32.1. The Balaban J connectivity index is 1.73. The first-order valence-electron chi connectivity index (χ1n) is 8.14. The molecule has 0 radical (unpaired) electrons. The van der Waals surface area contributed by atoms with E-state index < -0.39 is 0 Å². The lowest BCUT2D eigenvalue weighted by Crippen LogP contribution is -2.45. The van der Waals surface area contributed by atoms with Gasteiger partial charge < -0.3 is 9.80 Å². The Morgan fingerprint density at radius 1 is 1.12 bits per heavy atom. The van der Waals surface area contributed by atoms with Crippen LogP contribution in [0.25, 0.3) is 20.7 Å². The van der Waals surface area contributed by atoms with E-state index in [2.05, 4.69) is 53.0 Å². The fourth-order valence-electron chi connectivity index (χ4n) is 2.96. The van der Waals surface area contributed by atoms with Gasteiger partial charge in [-0.15, -0.1) is 11.3 Å². The number of hydrogen-bond donors (Lipinski definition) is 1. The van der Waals surface area contributed by atoms with E-state index >= 15 is 0 Å². The smallest absolute Gasteiger partial charge is 0.270 e. The van der Waals surface area contributed by atoms with Crippen molar-refractivity contribution in [1.82, 2.24) is 14.9 Å². The molecule has 3 aromatic rings. The fraction of sp³-hybridized carbons (Fsp3) is 0.333. The molecule has 0 bridgehead atoms. The average Bonchev–Trinajstić information content (AvgIpc) is 3.01. The number of aromatic amines is 1.